The highest BCUT2D eigenvalue weighted by molar-refractivity contribution is 5.77. The van der Waals surface area contributed by atoms with E-state index in [2.05, 4.69) is 10.2 Å². The molecule has 3 atom stereocenters. The molecule has 0 saturated carbocycles. The summed E-state index contributed by atoms with van der Waals surface area (Å²) in [5.74, 6) is 1.61. The molecule has 0 amide bonds. The molecule has 3 N–H and O–H groups in total. The van der Waals surface area contributed by atoms with Crippen LogP contribution in [0, 0.1) is 0 Å². The van der Waals surface area contributed by atoms with Gasteiger partial charge in [0.25, 0.3) is 0 Å². The third-order valence-electron chi connectivity index (χ3n) is 6.09. The first kappa shape index (κ1) is 21.6. The van der Waals surface area contributed by atoms with Gasteiger partial charge in [-0.05, 0) is 24.3 Å². The fourth-order valence-electron chi connectivity index (χ4n) is 4.27. The smallest absolute Gasteiger partial charge is 0.341 e. The van der Waals surface area contributed by atoms with Gasteiger partial charge in [-0.25, -0.2) is 4.79 Å². The number of ether oxygens (including phenoxy) is 4. The number of fused-ring (bicyclic) bond motifs is 2. The van der Waals surface area contributed by atoms with Gasteiger partial charge in [0.15, 0.2) is 35.3 Å². The number of anilines is 1. The van der Waals surface area contributed by atoms with Crippen molar-refractivity contribution in [3.8, 4) is 23.0 Å². The molecule has 3 heterocycles. The molecule has 1 saturated heterocycles. The third kappa shape index (κ3) is 4.77. The number of aliphatic hydroxyl groups excluding tert-OH is 1. The van der Waals surface area contributed by atoms with Crippen LogP contribution in [0.2, 0.25) is 0 Å². The number of piperazine rings is 1. The van der Waals surface area contributed by atoms with E-state index in [1.54, 1.807) is 18.2 Å². The standard InChI is InChI=1S/C23H27N3O7/c27-16(21-13-30-17-3-1-2-4-19(17)33-21)12-25-7-9-26(10-8-25)22(23(28)29)24-15-5-6-18-20(11-15)32-14-31-18/h1-6,11,16,21-22,24,27H,7-10,12-14H2,(H,28,29). The van der Waals surface area contributed by atoms with E-state index < -0.39 is 24.3 Å². The Morgan fingerprint density at radius 3 is 2.52 bits per heavy atom. The fraction of sp³-hybridized carbons (Fsp3) is 0.435. The number of nitrogens with zero attached hydrogens (tertiary/aromatic N) is 2. The highest BCUT2D eigenvalue weighted by atomic mass is 16.7. The van der Waals surface area contributed by atoms with Crippen LogP contribution in [0.1, 0.15) is 0 Å². The van der Waals surface area contributed by atoms with E-state index in [9.17, 15) is 15.0 Å². The van der Waals surface area contributed by atoms with Gasteiger partial charge in [-0.2, -0.15) is 0 Å². The van der Waals surface area contributed by atoms with Crippen LogP contribution in [-0.4, -0.2) is 90.5 Å². The van der Waals surface area contributed by atoms with E-state index in [1.165, 1.54) is 0 Å². The minimum Gasteiger partial charge on any atom is -0.486 e. The highest BCUT2D eigenvalue weighted by Gasteiger charge is 2.33. The van der Waals surface area contributed by atoms with E-state index in [4.69, 9.17) is 18.9 Å². The Balaban J connectivity index is 1.14. The number of carbonyl (C=O) groups is 1. The summed E-state index contributed by atoms with van der Waals surface area (Å²) in [6.07, 6.45) is -2.03. The molecule has 3 aliphatic rings. The molecule has 33 heavy (non-hydrogen) atoms. The summed E-state index contributed by atoms with van der Waals surface area (Å²) in [5.41, 5.74) is 0.652. The molecular weight excluding hydrogens is 430 g/mol. The van der Waals surface area contributed by atoms with E-state index in [0.717, 1.165) is 0 Å². The first-order valence-electron chi connectivity index (χ1n) is 11.0. The number of hydrogen-bond acceptors (Lipinski definition) is 9. The first-order valence-corrected chi connectivity index (χ1v) is 11.0. The largest absolute Gasteiger partial charge is 0.486 e. The van der Waals surface area contributed by atoms with E-state index in [-0.39, 0.29) is 6.79 Å². The number of rotatable bonds is 7. The van der Waals surface area contributed by atoms with Crippen LogP contribution in [-0.2, 0) is 4.79 Å². The Bertz CT molecular complexity index is 996. The summed E-state index contributed by atoms with van der Waals surface area (Å²) in [5, 5.41) is 23.6. The zero-order valence-corrected chi connectivity index (χ0v) is 18.1. The van der Waals surface area contributed by atoms with Crippen LogP contribution in [0.25, 0.3) is 0 Å². The molecule has 1 fully saturated rings. The van der Waals surface area contributed by atoms with Crippen molar-refractivity contribution in [2.24, 2.45) is 0 Å². The molecule has 0 bridgehead atoms. The van der Waals surface area contributed by atoms with Crippen molar-refractivity contribution >= 4 is 11.7 Å². The highest BCUT2D eigenvalue weighted by Crippen LogP contribution is 2.35. The summed E-state index contributed by atoms with van der Waals surface area (Å²) in [4.78, 5) is 16.0. The van der Waals surface area contributed by atoms with Gasteiger partial charge in [-0.3, -0.25) is 9.80 Å². The Morgan fingerprint density at radius 1 is 1.00 bits per heavy atom. The molecule has 3 unspecified atom stereocenters. The molecule has 5 rings (SSSR count). The monoisotopic (exact) mass is 457 g/mol. The molecule has 0 spiro atoms. The maximum atomic E-state index is 12.0. The number of carboxylic acids is 1. The van der Waals surface area contributed by atoms with Crippen LogP contribution >= 0.6 is 0 Å². The zero-order valence-electron chi connectivity index (χ0n) is 18.1. The summed E-state index contributed by atoms with van der Waals surface area (Å²) in [7, 11) is 0. The van der Waals surface area contributed by atoms with E-state index in [0.29, 0.717) is 68.0 Å². The third-order valence-corrected chi connectivity index (χ3v) is 6.09. The van der Waals surface area contributed by atoms with Crippen molar-refractivity contribution in [2.75, 3.05) is 51.4 Å². The number of nitrogens with one attached hydrogen (secondary N) is 1. The predicted octanol–water partition coefficient (Wildman–Crippen LogP) is 1.06. The second kappa shape index (κ2) is 9.34. The minimum atomic E-state index is -0.951. The Labute approximate surface area is 191 Å². The number of carboxylic acid groups (broad SMARTS) is 1. The van der Waals surface area contributed by atoms with Crippen molar-refractivity contribution in [3.05, 3.63) is 42.5 Å². The average molecular weight is 457 g/mol. The molecule has 2 aromatic rings. The van der Waals surface area contributed by atoms with Crippen LogP contribution in [0.5, 0.6) is 23.0 Å². The normalized spacial score (nSPS) is 21.9. The molecule has 0 aliphatic carbocycles. The summed E-state index contributed by atoms with van der Waals surface area (Å²) in [6.45, 7) is 3.25. The van der Waals surface area contributed by atoms with E-state index >= 15 is 0 Å². The first-order chi connectivity index (χ1) is 16.1. The van der Waals surface area contributed by atoms with Crippen LogP contribution in [0.4, 0.5) is 5.69 Å². The molecule has 176 valence electrons. The summed E-state index contributed by atoms with van der Waals surface area (Å²) >= 11 is 0. The lowest BCUT2D eigenvalue weighted by molar-refractivity contribution is -0.143. The molecule has 10 nitrogen and oxygen atoms in total. The maximum Gasteiger partial charge on any atom is 0.341 e. The Hall–Kier alpha value is -3.21. The lowest BCUT2D eigenvalue weighted by Gasteiger charge is -2.39. The molecule has 3 aliphatic heterocycles. The van der Waals surface area contributed by atoms with Crippen molar-refractivity contribution in [1.29, 1.82) is 0 Å². The topological polar surface area (TPSA) is 113 Å². The van der Waals surface area contributed by atoms with Gasteiger partial charge in [0, 0.05) is 44.5 Å². The second-order valence-corrected chi connectivity index (χ2v) is 8.27. The maximum absolute atomic E-state index is 12.0. The van der Waals surface area contributed by atoms with Gasteiger partial charge in [-0.1, -0.05) is 12.1 Å². The summed E-state index contributed by atoms with van der Waals surface area (Å²) in [6, 6.07) is 12.7. The number of β-amino-alcohol motifs (C(OH)–C–C–N with tert-alkyl or cyclic N) is 1. The number of benzene rings is 2. The van der Waals surface area contributed by atoms with Crippen molar-refractivity contribution in [3.63, 3.8) is 0 Å². The van der Waals surface area contributed by atoms with Gasteiger partial charge < -0.3 is 34.5 Å². The molecule has 0 radical (unpaired) electrons. The number of aliphatic carboxylic acids is 1. The number of hydrogen-bond donors (Lipinski definition) is 3. The Kier molecular flexibility index (Phi) is 6.12. The van der Waals surface area contributed by atoms with Gasteiger partial charge in [-0.15, -0.1) is 0 Å². The van der Waals surface area contributed by atoms with Crippen molar-refractivity contribution in [2.45, 2.75) is 18.4 Å². The molecule has 10 heteroatoms. The van der Waals surface area contributed by atoms with Gasteiger partial charge in [0.2, 0.25) is 6.79 Å². The van der Waals surface area contributed by atoms with Crippen LogP contribution < -0.4 is 24.3 Å². The number of aliphatic hydroxyl groups is 1. The zero-order chi connectivity index (χ0) is 22.8. The van der Waals surface area contributed by atoms with Crippen LogP contribution in [0.15, 0.2) is 42.5 Å². The fourth-order valence-corrected chi connectivity index (χ4v) is 4.27. The number of para-hydroxylation sites is 2. The molecule has 2 aromatic carbocycles. The quantitative estimate of drug-likeness (QED) is 0.558. The molecule has 0 aromatic heterocycles. The van der Waals surface area contributed by atoms with E-state index in [1.807, 2.05) is 29.2 Å². The predicted molar refractivity (Wildman–Crippen MR) is 118 cm³/mol. The Morgan fingerprint density at radius 2 is 1.73 bits per heavy atom. The SMILES string of the molecule is O=C(O)C(Nc1ccc2c(c1)OCO2)N1CCN(CC(O)C2COc3ccccc3O2)CC1. The lowest BCUT2D eigenvalue weighted by Crippen LogP contribution is -2.57. The molecular formula is C23H27N3O7. The van der Waals surface area contributed by atoms with Gasteiger partial charge >= 0.3 is 5.97 Å². The van der Waals surface area contributed by atoms with Crippen LogP contribution in [0.3, 0.4) is 0 Å². The second-order valence-electron chi connectivity index (χ2n) is 8.27. The average Bonchev–Trinajstić information content (AvgIpc) is 3.30. The van der Waals surface area contributed by atoms with Crippen molar-refractivity contribution < 1.29 is 34.0 Å². The van der Waals surface area contributed by atoms with Gasteiger partial charge in [0.05, 0.1) is 0 Å². The summed E-state index contributed by atoms with van der Waals surface area (Å²) < 4.78 is 22.3. The van der Waals surface area contributed by atoms with Gasteiger partial charge in [0.1, 0.15) is 12.7 Å². The lowest BCUT2D eigenvalue weighted by atomic mass is 10.1. The minimum absolute atomic E-state index is 0.166. The van der Waals surface area contributed by atoms with Crippen molar-refractivity contribution in [1.82, 2.24) is 9.80 Å².